The molecule has 0 aliphatic heterocycles. The van der Waals surface area contributed by atoms with Gasteiger partial charge in [-0.05, 0) is 64.5 Å². The number of carbonyl (C=O) groups is 2. The Morgan fingerprint density at radius 3 is 2.18 bits per heavy atom. The number of aliphatic carboxylic acids is 1. The number of nitrogens with zero attached hydrogens (tertiary/aromatic N) is 2. The van der Waals surface area contributed by atoms with Crippen molar-refractivity contribution in [3.05, 3.63) is 65.5 Å². The molecule has 208 valence electrons. The van der Waals surface area contributed by atoms with E-state index in [0.717, 1.165) is 47.2 Å². The van der Waals surface area contributed by atoms with Crippen LogP contribution in [0.2, 0.25) is 0 Å². The van der Waals surface area contributed by atoms with E-state index in [9.17, 15) is 14.7 Å². The summed E-state index contributed by atoms with van der Waals surface area (Å²) in [7, 11) is 0. The molecule has 2 aromatic carbocycles. The van der Waals surface area contributed by atoms with Gasteiger partial charge in [0.25, 0.3) is 5.91 Å². The van der Waals surface area contributed by atoms with Crippen molar-refractivity contribution in [2.24, 2.45) is 11.3 Å². The number of benzene rings is 2. The van der Waals surface area contributed by atoms with E-state index in [4.69, 9.17) is 9.72 Å². The molecule has 0 radical (unpaired) electrons. The van der Waals surface area contributed by atoms with E-state index in [1.165, 1.54) is 23.3 Å². The van der Waals surface area contributed by atoms with E-state index < -0.39 is 5.97 Å². The van der Waals surface area contributed by atoms with E-state index in [0.29, 0.717) is 18.2 Å². The van der Waals surface area contributed by atoms with Crippen molar-refractivity contribution in [1.82, 2.24) is 9.88 Å². The molecule has 0 saturated heterocycles. The fraction of sp³-hybridized carbons (Fsp3) is 0.485. The molecule has 1 aromatic heterocycles. The highest BCUT2D eigenvalue weighted by Gasteiger charge is 2.27. The predicted octanol–water partition coefficient (Wildman–Crippen LogP) is 7.63. The summed E-state index contributed by atoms with van der Waals surface area (Å²) in [6.07, 6.45) is 5.55. The second-order valence-corrected chi connectivity index (χ2v) is 13.2. The number of amides is 1. The Hall–Kier alpha value is -3.41. The number of carbonyl (C=O) groups excluding carboxylic acids is 1. The van der Waals surface area contributed by atoms with Crippen LogP contribution in [0.3, 0.4) is 0 Å². The average Bonchev–Trinajstić information content (AvgIpc) is 3.35. The van der Waals surface area contributed by atoms with Gasteiger partial charge in [-0.15, -0.1) is 0 Å². The van der Waals surface area contributed by atoms with Gasteiger partial charge in [-0.1, -0.05) is 85.4 Å². The first-order valence-corrected chi connectivity index (χ1v) is 14.0. The molecule has 1 amide bonds. The molecule has 0 atom stereocenters. The minimum Gasteiger partial charge on any atom is -0.480 e. The number of carboxylic acid groups (broad SMARTS) is 1. The second-order valence-electron chi connectivity index (χ2n) is 13.2. The van der Waals surface area contributed by atoms with Crippen LogP contribution in [0.5, 0.6) is 11.5 Å². The highest BCUT2D eigenvalue weighted by Crippen LogP contribution is 2.33. The van der Waals surface area contributed by atoms with Crippen molar-refractivity contribution in [1.29, 1.82) is 0 Å². The summed E-state index contributed by atoms with van der Waals surface area (Å²) < 4.78 is 6.23. The minimum atomic E-state index is -1.03. The van der Waals surface area contributed by atoms with Crippen molar-refractivity contribution in [2.75, 3.05) is 13.1 Å². The molecular formula is C33H42N2O4. The van der Waals surface area contributed by atoms with Crippen LogP contribution in [0.25, 0.3) is 10.8 Å². The zero-order valence-electron chi connectivity index (χ0n) is 24.2. The SMILES string of the molecule is CC(C)(C)CN(CC(=O)O)C(=O)c1cc2ccc(Oc3ccc(C(C)(C)C)cc3)cc2c(CC2CCCC2)n1. The first kappa shape index (κ1) is 28.6. The van der Waals surface area contributed by atoms with Crippen LogP contribution in [0, 0.1) is 11.3 Å². The van der Waals surface area contributed by atoms with Gasteiger partial charge in [0.15, 0.2) is 0 Å². The van der Waals surface area contributed by atoms with E-state index in [2.05, 4.69) is 32.9 Å². The van der Waals surface area contributed by atoms with Crippen molar-refractivity contribution in [3.63, 3.8) is 0 Å². The number of hydrogen-bond acceptors (Lipinski definition) is 4. The first-order chi connectivity index (χ1) is 18.3. The summed E-state index contributed by atoms with van der Waals surface area (Å²) >= 11 is 0. The van der Waals surface area contributed by atoms with Crippen molar-refractivity contribution >= 4 is 22.6 Å². The molecule has 1 aliphatic rings. The number of ether oxygens (including phenoxy) is 1. The molecule has 1 N–H and O–H groups in total. The molecule has 0 unspecified atom stereocenters. The van der Waals surface area contributed by atoms with Crippen LogP contribution < -0.4 is 4.74 Å². The van der Waals surface area contributed by atoms with Crippen LogP contribution in [0.15, 0.2) is 48.5 Å². The number of aromatic nitrogens is 1. The number of hydrogen-bond donors (Lipinski definition) is 1. The lowest BCUT2D eigenvalue weighted by Gasteiger charge is -2.28. The zero-order valence-corrected chi connectivity index (χ0v) is 24.2. The molecule has 39 heavy (non-hydrogen) atoms. The second kappa shape index (κ2) is 11.4. The van der Waals surface area contributed by atoms with E-state index in [1.54, 1.807) is 6.07 Å². The maximum atomic E-state index is 13.6. The van der Waals surface area contributed by atoms with E-state index in [-0.39, 0.29) is 23.3 Å². The van der Waals surface area contributed by atoms with Crippen molar-refractivity contribution < 1.29 is 19.4 Å². The Morgan fingerprint density at radius 2 is 1.59 bits per heavy atom. The van der Waals surface area contributed by atoms with Gasteiger partial charge in [-0.25, -0.2) is 4.98 Å². The number of rotatable bonds is 8. The summed E-state index contributed by atoms with van der Waals surface area (Å²) in [5.74, 6) is 0.647. The summed E-state index contributed by atoms with van der Waals surface area (Å²) in [5, 5.41) is 11.4. The topological polar surface area (TPSA) is 79.7 Å². The zero-order chi connectivity index (χ0) is 28.4. The minimum absolute atomic E-state index is 0.0738. The van der Waals surface area contributed by atoms with E-state index >= 15 is 0 Å². The molecule has 6 heteroatoms. The van der Waals surface area contributed by atoms with Gasteiger partial charge in [0.05, 0.1) is 0 Å². The monoisotopic (exact) mass is 530 g/mol. The first-order valence-electron chi connectivity index (χ1n) is 14.0. The maximum absolute atomic E-state index is 13.6. The molecule has 1 heterocycles. The van der Waals surface area contributed by atoms with Gasteiger partial charge >= 0.3 is 5.97 Å². The lowest BCUT2D eigenvalue weighted by molar-refractivity contribution is -0.138. The normalized spacial score (nSPS) is 14.5. The molecule has 0 spiro atoms. The van der Waals surface area contributed by atoms with Crippen LogP contribution in [-0.4, -0.2) is 40.0 Å². The predicted molar refractivity (Wildman–Crippen MR) is 156 cm³/mol. The molecule has 0 bridgehead atoms. The van der Waals surface area contributed by atoms with Gasteiger partial charge < -0.3 is 14.7 Å². The largest absolute Gasteiger partial charge is 0.480 e. The van der Waals surface area contributed by atoms with Crippen molar-refractivity contribution in [2.45, 2.75) is 79.1 Å². The Bertz CT molecular complexity index is 1330. The number of pyridine rings is 1. The third kappa shape index (κ3) is 7.59. The van der Waals surface area contributed by atoms with Gasteiger partial charge in [0, 0.05) is 17.6 Å². The number of fused-ring (bicyclic) bond motifs is 1. The third-order valence-corrected chi connectivity index (χ3v) is 7.29. The third-order valence-electron chi connectivity index (χ3n) is 7.29. The van der Waals surface area contributed by atoms with Gasteiger partial charge in [-0.3, -0.25) is 9.59 Å². The fourth-order valence-electron chi connectivity index (χ4n) is 5.37. The van der Waals surface area contributed by atoms with Crippen LogP contribution >= 0.6 is 0 Å². The fourth-order valence-corrected chi connectivity index (χ4v) is 5.37. The molecular weight excluding hydrogens is 488 g/mol. The highest BCUT2D eigenvalue weighted by molar-refractivity contribution is 5.98. The van der Waals surface area contributed by atoms with Crippen molar-refractivity contribution in [3.8, 4) is 11.5 Å². The molecule has 1 aliphatic carbocycles. The summed E-state index contributed by atoms with van der Waals surface area (Å²) in [6, 6.07) is 15.9. The highest BCUT2D eigenvalue weighted by atomic mass is 16.5. The standard InChI is InChI=1S/C33H42N2O4/c1-32(2,3)21-35(20-30(36)37)31(38)29-18-23-11-14-26(39-25-15-12-24(13-16-25)33(4,5)6)19-27(23)28(34-29)17-22-9-7-8-10-22/h11-16,18-19,22H,7-10,17,20-21H2,1-6H3,(H,36,37). The number of carboxylic acids is 1. The van der Waals surface area contributed by atoms with Gasteiger partial charge in [0.2, 0.25) is 0 Å². The quantitative estimate of drug-likeness (QED) is 0.324. The molecule has 6 nitrogen and oxygen atoms in total. The van der Waals surface area contributed by atoms with Gasteiger partial charge in [-0.2, -0.15) is 0 Å². The van der Waals surface area contributed by atoms with Crippen LogP contribution in [0.1, 0.15) is 89.0 Å². The molecule has 4 rings (SSSR count). The summed E-state index contributed by atoms with van der Waals surface area (Å²) in [6.45, 7) is 12.5. The van der Waals surface area contributed by atoms with Crippen LogP contribution in [0.4, 0.5) is 0 Å². The van der Waals surface area contributed by atoms with Crippen LogP contribution in [-0.2, 0) is 16.6 Å². The lowest BCUT2D eigenvalue weighted by Crippen LogP contribution is -2.41. The Balaban J connectivity index is 1.69. The lowest BCUT2D eigenvalue weighted by atomic mass is 9.87. The summed E-state index contributed by atoms with van der Waals surface area (Å²) in [4.78, 5) is 31.4. The smallest absolute Gasteiger partial charge is 0.323 e. The molecule has 1 fully saturated rings. The van der Waals surface area contributed by atoms with E-state index in [1.807, 2.05) is 51.1 Å². The van der Waals surface area contributed by atoms with Gasteiger partial charge in [0.1, 0.15) is 23.7 Å². The maximum Gasteiger partial charge on any atom is 0.323 e. The molecule has 3 aromatic rings. The Labute approximate surface area is 232 Å². The average molecular weight is 531 g/mol. The summed E-state index contributed by atoms with van der Waals surface area (Å²) in [5.41, 5.74) is 2.25. The Morgan fingerprint density at radius 1 is 0.949 bits per heavy atom. The molecule has 1 saturated carbocycles. The Kier molecular flexibility index (Phi) is 8.34.